The first-order valence-electron chi connectivity index (χ1n) is 5.27. The molecule has 0 aliphatic carbocycles. The Balaban J connectivity index is 2.93. The molecular weight excluding hydrogens is 230 g/mol. The van der Waals surface area contributed by atoms with Crippen LogP contribution in [-0.4, -0.2) is 57.4 Å². The third kappa shape index (κ3) is 2.73. The molecule has 1 rings (SSSR count). The molecule has 1 aliphatic heterocycles. The first kappa shape index (κ1) is 14.3. The summed E-state index contributed by atoms with van der Waals surface area (Å²) >= 11 is 0. The fraction of sp³-hybridized carbons (Fsp3) is 0.889. The van der Waals surface area contributed by atoms with E-state index in [9.17, 15) is 15.0 Å². The molecule has 17 heavy (non-hydrogen) atoms. The van der Waals surface area contributed by atoms with Gasteiger partial charge in [-0.2, -0.15) is 0 Å². The van der Waals surface area contributed by atoms with E-state index in [1.807, 2.05) is 0 Å². The molecule has 0 radical (unpaired) electrons. The number of aliphatic hydroxyl groups is 2. The predicted molar refractivity (Wildman–Crippen MR) is 57.7 cm³/mol. The zero-order valence-corrected chi connectivity index (χ0v) is 9.48. The fourth-order valence-corrected chi connectivity index (χ4v) is 1.76. The van der Waals surface area contributed by atoms with Crippen LogP contribution in [0, 0.1) is 0 Å². The zero-order valence-electron chi connectivity index (χ0n) is 9.48. The van der Waals surface area contributed by atoms with Gasteiger partial charge in [0.05, 0.1) is 18.2 Å². The lowest BCUT2D eigenvalue weighted by Crippen LogP contribution is -2.67. The van der Waals surface area contributed by atoms with Gasteiger partial charge in [0.1, 0.15) is 0 Å². The quantitative estimate of drug-likeness (QED) is 0.306. The van der Waals surface area contributed by atoms with E-state index >= 15 is 0 Å². The van der Waals surface area contributed by atoms with Gasteiger partial charge in [-0.3, -0.25) is 0 Å². The molecule has 0 saturated carbocycles. The number of carboxylic acids is 1. The Morgan fingerprint density at radius 2 is 2.06 bits per heavy atom. The summed E-state index contributed by atoms with van der Waals surface area (Å²) in [6, 6.07) is -2.20. The number of hydrogen-bond acceptors (Lipinski definition) is 7. The Bertz CT molecular complexity index is 296. The minimum Gasteiger partial charge on any atom is -0.477 e. The molecule has 2 unspecified atom stereocenters. The Kier molecular flexibility index (Phi) is 4.07. The molecular formula is C9H19N3O5. The van der Waals surface area contributed by atoms with Crippen LogP contribution in [0.25, 0.3) is 0 Å². The van der Waals surface area contributed by atoms with Crippen molar-refractivity contribution in [3.63, 3.8) is 0 Å². The summed E-state index contributed by atoms with van der Waals surface area (Å²) in [6.45, 7) is 1.60. The van der Waals surface area contributed by atoms with Crippen molar-refractivity contribution in [3.8, 4) is 0 Å². The van der Waals surface area contributed by atoms with E-state index in [1.165, 1.54) is 0 Å². The molecule has 0 aromatic carbocycles. The number of aliphatic hydroxyl groups excluding tert-OH is 1. The second-order valence-electron chi connectivity index (χ2n) is 4.46. The third-order valence-corrected chi connectivity index (χ3v) is 2.96. The lowest BCUT2D eigenvalue weighted by molar-refractivity contribution is -0.277. The Hall–Kier alpha value is -0.770. The lowest BCUT2D eigenvalue weighted by Gasteiger charge is -2.43. The summed E-state index contributed by atoms with van der Waals surface area (Å²) in [4.78, 5) is 10.9. The molecule has 0 aromatic heterocycles. The van der Waals surface area contributed by atoms with Crippen molar-refractivity contribution >= 4 is 5.97 Å². The summed E-state index contributed by atoms with van der Waals surface area (Å²) < 4.78 is 5.01. The Morgan fingerprint density at radius 1 is 1.53 bits per heavy atom. The van der Waals surface area contributed by atoms with Gasteiger partial charge in [-0.05, 0) is 6.92 Å². The van der Waals surface area contributed by atoms with Gasteiger partial charge in [-0.25, -0.2) is 4.79 Å². The molecule has 8 heteroatoms. The standard InChI is InChI=1S/C9H19N3O5/c1-3(10)5(11)7-6(12)4(13)2-9(16,17-7)8(14)15/h3-7,13,16H,2,10-12H2,1H3,(H,14,15)/t3?,4-,5+,6+,7?,9+/m1/s1. The van der Waals surface area contributed by atoms with Gasteiger partial charge < -0.3 is 37.3 Å². The average Bonchev–Trinajstić information content (AvgIpc) is 2.22. The molecule has 1 saturated heterocycles. The van der Waals surface area contributed by atoms with Crippen molar-refractivity contribution in [2.24, 2.45) is 17.2 Å². The smallest absolute Gasteiger partial charge is 0.364 e. The third-order valence-electron chi connectivity index (χ3n) is 2.96. The number of carboxylic acid groups (broad SMARTS) is 1. The maximum Gasteiger partial charge on any atom is 0.364 e. The molecule has 9 N–H and O–H groups in total. The van der Waals surface area contributed by atoms with E-state index in [0.29, 0.717) is 0 Å². The topological polar surface area (TPSA) is 165 Å². The highest BCUT2D eigenvalue weighted by Gasteiger charge is 2.51. The van der Waals surface area contributed by atoms with E-state index < -0.39 is 48.5 Å². The van der Waals surface area contributed by atoms with Crippen molar-refractivity contribution in [2.75, 3.05) is 0 Å². The Labute approximate surface area is 98.3 Å². The molecule has 0 bridgehead atoms. The average molecular weight is 249 g/mol. The predicted octanol–water partition coefficient (Wildman–Crippen LogP) is -3.09. The number of nitrogens with two attached hydrogens (primary N) is 3. The first-order chi connectivity index (χ1) is 7.69. The number of aliphatic carboxylic acids is 1. The number of ether oxygens (including phenoxy) is 1. The Morgan fingerprint density at radius 3 is 2.47 bits per heavy atom. The summed E-state index contributed by atoms with van der Waals surface area (Å²) in [5.74, 6) is -4.07. The van der Waals surface area contributed by atoms with Crippen molar-refractivity contribution < 1.29 is 24.9 Å². The number of rotatable bonds is 3. The fourth-order valence-electron chi connectivity index (χ4n) is 1.76. The summed E-state index contributed by atoms with van der Waals surface area (Å²) in [5, 5.41) is 28.2. The molecule has 0 aromatic rings. The molecule has 8 nitrogen and oxygen atoms in total. The van der Waals surface area contributed by atoms with Crippen LogP contribution in [0.2, 0.25) is 0 Å². The van der Waals surface area contributed by atoms with Crippen LogP contribution in [0.4, 0.5) is 0 Å². The van der Waals surface area contributed by atoms with Crippen molar-refractivity contribution in [3.05, 3.63) is 0 Å². The molecule has 6 atom stereocenters. The van der Waals surface area contributed by atoms with E-state index in [2.05, 4.69) is 0 Å². The first-order valence-corrected chi connectivity index (χ1v) is 5.27. The molecule has 0 amide bonds. The van der Waals surface area contributed by atoms with Gasteiger partial charge in [-0.1, -0.05) is 0 Å². The molecule has 0 spiro atoms. The van der Waals surface area contributed by atoms with Crippen molar-refractivity contribution in [2.45, 2.75) is 49.5 Å². The molecule has 100 valence electrons. The van der Waals surface area contributed by atoms with Crippen molar-refractivity contribution in [1.82, 2.24) is 0 Å². The van der Waals surface area contributed by atoms with Crippen molar-refractivity contribution in [1.29, 1.82) is 0 Å². The highest BCUT2D eigenvalue weighted by molar-refractivity contribution is 5.75. The highest BCUT2D eigenvalue weighted by Crippen LogP contribution is 2.28. The zero-order chi connectivity index (χ0) is 13.4. The van der Waals surface area contributed by atoms with Crippen LogP contribution in [0.1, 0.15) is 13.3 Å². The molecule has 1 aliphatic rings. The van der Waals surface area contributed by atoms with Crippen LogP contribution in [0.5, 0.6) is 0 Å². The highest BCUT2D eigenvalue weighted by atomic mass is 16.7. The van der Waals surface area contributed by atoms with E-state index in [1.54, 1.807) is 6.92 Å². The van der Waals surface area contributed by atoms with Gasteiger partial charge in [-0.15, -0.1) is 0 Å². The van der Waals surface area contributed by atoms with Crippen LogP contribution in [0.3, 0.4) is 0 Å². The minimum absolute atomic E-state index is 0.508. The number of hydrogen-bond donors (Lipinski definition) is 6. The SMILES string of the molecule is CC(N)[C@H](N)C1O[C@](O)(C(=O)O)C[C@@H](O)[C@@H]1N. The van der Waals surface area contributed by atoms with Crippen LogP contribution < -0.4 is 17.2 Å². The summed E-state index contributed by atoms with van der Waals surface area (Å²) in [5.41, 5.74) is 17.0. The summed E-state index contributed by atoms with van der Waals surface area (Å²) in [7, 11) is 0. The summed E-state index contributed by atoms with van der Waals surface area (Å²) in [6.07, 6.45) is -2.76. The normalized spacial score (nSPS) is 41.9. The second-order valence-corrected chi connectivity index (χ2v) is 4.46. The maximum absolute atomic E-state index is 10.9. The molecule has 1 heterocycles. The minimum atomic E-state index is -2.48. The van der Waals surface area contributed by atoms with Gasteiger partial charge in [0, 0.05) is 18.5 Å². The largest absolute Gasteiger partial charge is 0.477 e. The van der Waals surface area contributed by atoms with Gasteiger partial charge in [0.2, 0.25) is 0 Å². The van der Waals surface area contributed by atoms with Gasteiger partial charge in [0.25, 0.3) is 5.79 Å². The van der Waals surface area contributed by atoms with E-state index in [0.717, 1.165) is 0 Å². The number of carbonyl (C=O) groups is 1. The van der Waals surface area contributed by atoms with Gasteiger partial charge >= 0.3 is 5.97 Å². The lowest BCUT2D eigenvalue weighted by atomic mass is 9.88. The second kappa shape index (κ2) is 4.84. The van der Waals surface area contributed by atoms with Crippen LogP contribution in [0.15, 0.2) is 0 Å². The van der Waals surface area contributed by atoms with E-state index in [-0.39, 0.29) is 0 Å². The van der Waals surface area contributed by atoms with Crippen LogP contribution >= 0.6 is 0 Å². The van der Waals surface area contributed by atoms with Crippen LogP contribution in [-0.2, 0) is 9.53 Å². The molecule has 1 fully saturated rings. The van der Waals surface area contributed by atoms with Gasteiger partial charge in [0.15, 0.2) is 0 Å². The van der Waals surface area contributed by atoms with E-state index in [4.69, 9.17) is 27.0 Å². The maximum atomic E-state index is 10.9. The monoisotopic (exact) mass is 249 g/mol.